The maximum absolute atomic E-state index is 12.2. The summed E-state index contributed by atoms with van der Waals surface area (Å²) < 4.78 is 6.27. The van der Waals surface area contributed by atoms with E-state index in [9.17, 15) is 9.59 Å². The van der Waals surface area contributed by atoms with Crippen molar-refractivity contribution in [2.75, 3.05) is 5.32 Å². The molecule has 1 aromatic heterocycles. The lowest BCUT2D eigenvalue weighted by Gasteiger charge is -2.07. The van der Waals surface area contributed by atoms with Crippen molar-refractivity contribution in [1.29, 1.82) is 5.26 Å². The first-order valence-corrected chi connectivity index (χ1v) is 7.04. The van der Waals surface area contributed by atoms with Gasteiger partial charge in [0.1, 0.15) is 12.6 Å². The molecule has 0 saturated heterocycles. The quantitative estimate of drug-likeness (QED) is 0.801. The van der Waals surface area contributed by atoms with Crippen LogP contribution in [0, 0.1) is 11.3 Å². The van der Waals surface area contributed by atoms with Crippen molar-refractivity contribution in [1.82, 2.24) is 4.57 Å². The van der Waals surface area contributed by atoms with Crippen molar-refractivity contribution >= 4 is 34.3 Å². The fourth-order valence-electron chi connectivity index (χ4n) is 2.21. The number of benzene rings is 2. The number of carbonyl (C=O) groups excluding carboxylic acids is 1. The molecule has 1 heterocycles. The minimum Gasteiger partial charge on any atom is -0.408 e. The predicted octanol–water partition coefficient (Wildman–Crippen LogP) is 2.76. The second kappa shape index (κ2) is 5.99. The van der Waals surface area contributed by atoms with Gasteiger partial charge in [-0.3, -0.25) is 9.36 Å². The Morgan fingerprint density at radius 2 is 2.09 bits per heavy atom. The van der Waals surface area contributed by atoms with Gasteiger partial charge in [-0.25, -0.2) is 4.79 Å². The van der Waals surface area contributed by atoms with Crippen molar-refractivity contribution < 1.29 is 9.21 Å². The van der Waals surface area contributed by atoms with Crippen molar-refractivity contribution in [3.8, 4) is 6.07 Å². The van der Waals surface area contributed by atoms with Gasteiger partial charge < -0.3 is 9.73 Å². The van der Waals surface area contributed by atoms with Gasteiger partial charge in [0.15, 0.2) is 5.58 Å². The third kappa shape index (κ3) is 2.96. The van der Waals surface area contributed by atoms with Gasteiger partial charge in [-0.1, -0.05) is 23.7 Å². The van der Waals surface area contributed by atoms with E-state index < -0.39 is 11.7 Å². The zero-order chi connectivity index (χ0) is 16.4. The van der Waals surface area contributed by atoms with Crippen molar-refractivity contribution in [3.05, 3.63) is 63.6 Å². The topological polar surface area (TPSA) is 88.0 Å². The van der Waals surface area contributed by atoms with Crippen LogP contribution in [0.5, 0.6) is 0 Å². The van der Waals surface area contributed by atoms with Crippen LogP contribution in [0.3, 0.4) is 0 Å². The van der Waals surface area contributed by atoms with Gasteiger partial charge in [0.2, 0.25) is 5.91 Å². The molecule has 114 valence electrons. The van der Waals surface area contributed by atoms with Crippen molar-refractivity contribution in [2.24, 2.45) is 0 Å². The van der Waals surface area contributed by atoms with Crippen LogP contribution in [0.1, 0.15) is 5.56 Å². The number of fused-ring (bicyclic) bond motifs is 1. The third-order valence-corrected chi connectivity index (χ3v) is 3.49. The van der Waals surface area contributed by atoms with Gasteiger partial charge in [0.05, 0.1) is 16.8 Å². The molecule has 1 N–H and O–H groups in total. The van der Waals surface area contributed by atoms with Gasteiger partial charge in [0.25, 0.3) is 0 Å². The van der Waals surface area contributed by atoms with Crippen LogP contribution in [-0.2, 0) is 11.3 Å². The minimum absolute atomic E-state index is 0.229. The summed E-state index contributed by atoms with van der Waals surface area (Å²) in [7, 11) is 0. The zero-order valence-corrected chi connectivity index (χ0v) is 12.5. The molecule has 0 aliphatic heterocycles. The molecule has 0 fully saturated rings. The molecule has 0 saturated carbocycles. The summed E-state index contributed by atoms with van der Waals surface area (Å²) in [6, 6.07) is 13.3. The maximum atomic E-state index is 12.2. The molecule has 3 rings (SSSR count). The summed E-state index contributed by atoms with van der Waals surface area (Å²) in [5, 5.41) is 12.1. The Kier molecular flexibility index (Phi) is 3.87. The molecule has 0 aliphatic rings. The van der Waals surface area contributed by atoms with Crippen LogP contribution in [0.25, 0.3) is 11.1 Å². The molecular formula is C16H10ClN3O3. The number of oxazole rings is 1. The molecule has 1 amide bonds. The summed E-state index contributed by atoms with van der Waals surface area (Å²) in [5.41, 5.74) is 1.52. The Hall–Kier alpha value is -3.04. The fourth-order valence-corrected chi connectivity index (χ4v) is 2.37. The molecule has 0 radical (unpaired) electrons. The number of para-hydroxylation sites is 1. The molecule has 0 unspecified atom stereocenters. The standard InChI is InChI=1S/C16H10ClN3O3/c17-11-5-6-13-14(7-11)23-16(22)20(13)9-15(21)19-12-4-2-1-3-10(12)8-18/h1-7H,9H2,(H,19,21). The SMILES string of the molecule is N#Cc1ccccc1NC(=O)Cn1c(=O)oc2cc(Cl)ccc21. The van der Waals surface area contributed by atoms with Crippen LogP contribution < -0.4 is 11.1 Å². The molecule has 0 bridgehead atoms. The Bertz CT molecular complexity index is 998. The first kappa shape index (κ1) is 14.9. The van der Waals surface area contributed by atoms with E-state index in [1.807, 2.05) is 6.07 Å². The lowest BCUT2D eigenvalue weighted by molar-refractivity contribution is -0.116. The van der Waals surface area contributed by atoms with Crippen LogP contribution >= 0.6 is 11.6 Å². The average Bonchev–Trinajstić information content (AvgIpc) is 2.82. The number of amides is 1. The molecule has 23 heavy (non-hydrogen) atoms. The van der Waals surface area contributed by atoms with Crippen molar-refractivity contribution in [3.63, 3.8) is 0 Å². The summed E-state index contributed by atoms with van der Waals surface area (Å²) >= 11 is 5.85. The van der Waals surface area contributed by atoms with Crippen LogP contribution in [0.2, 0.25) is 5.02 Å². The predicted molar refractivity (Wildman–Crippen MR) is 85.3 cm³/mol. The largest absolute Gasteiger partial charge is 0.420 e. The molecule has 3 aromatic rings. The third-order valence-electron chi connectivity index (χ3n) is 3.25. The molecule has 0 atom stereocenters. The summed E-state index contributed by atoms with van der Waals surface area (Å²) in [6.45, 7) is -0.229. The normalized spacial score (nSPS) is 10.4. The van der Waals surface area contributed by atoms with E-state index >= 15 is 0 Å². The van der Waals surface area contributed by atoms with E-state index in [-0.39, 0.29) is 6.54 Å². The summed E-state index contributed by atoms with van der Waals surface area (Å²) in [5.74, 6) is -1.08. The highest BCUT2D eigenvalue weighted by Gasteiger charge is 2.14. The maximum Gasteiger partial charge on any atom is 0.420 e. The Morgan fingerprint density at radius 1 is 1.30 bits per heavy atom. The fraction of sp³-hybridized carbons (Fsp3) is 0.0625. The number of halogens is 1. The second-order valence-corrected chi connectivity index (χ2v) is 5.21. The molecule has 7 heteroatoms. The van der Waals surface area contributed by atoms with Gasteiger partial charge in [-0.05, 0) is 24.3 Å². The molecule has 0 spiro atoms. The Labute approximate surface area is 135 Å². The van der Waals surface area contributed by atoms with E-state index in [0.717, 1.165) is 0 Å². The van der Waals surface area contributed by atoms with Crippen LogP contribution in [0.15, 0.2) is 51.7 Å². The average molecular weight is 328 g/mol. The Balaban J connectivity index is 1.88. The van der Waals surface area contributed by atoms with Crippen LogP contribution in [0.4, 0.5) is 5.69 Å². The number of nitriles is 1. The number of nitrogens with one attached hydrogen (secondary N) is 1. The molecule has 6 nitrogen and oxygen atoms in total. The highest BCUT2D eigenvalue weighted by Crippen LogP contribution is 2.19. The first-order chi connectivity index (χ1) is 11.1. The molecular weight excluding hydrogens is 318 g/mol. The van der Waals surface area contributed by atoms with Crippen LogP contribution in [-0.4, -0.2) is 10.5 Å². The number of anilines is 1. The monoisotopic (exact) mass is 327 g/mol. The second-order valence-electron chi connectivity index (χ2n) is 4.77. The number of hydrogen-bond donors (Lipinski definition) is 1. The lowest BCUT2D eigenvalue weighted by atomic mass is 10.2. The van der Waals surface area contributed by atoms with E-state index in [0.29, 0.717) is 27.4 Å². The number of nitrogens with zero attached hydrogens (tertiary/aromatic N) is 2. The molecule has 2 aromatic carbocycles. The number of carbonyl (C=O) groups is 1. The number of rotatable bonds is 3. The number of aromatic nitrogens is 1. The summed E-state index contributed by atoms with van der Waals surface area (Å²) in [4.78, 5) is 24.0. The van der Waals surface area contributed by atoms with E-state index in [2.05, 4.69) is 5.32 Å². The minimum atomic E-state index is -0.647. The first-order valence-electron chi connectivity index (χ1n) is 6.66. The molecule has 0 aliphatic carbocycles. The van der Waals surface area contributed by atoms with Gasteiger partial charge in [0, 0.05) is 11.1 Å². The smallest absolute Gasteiger partial charge is 0.408 e. The Morgan fingerprint density at radius 3 is 2.87 bits per heavy atom. The highest BCUT2D eigenvalue weighted by atomic mass is 35.5. The lowest BCUT2D eigenvalue weighted by Crippen LogP contribution is -2.25. The van der Waals surface area contributed by atoms with Gasteiger partial charge >= 0.3 is 5.76 Å². The summed E-state index contributed by atoms with van der Waals surface area (Å²) in [6.07, 6.45) is 0. The van der Waals surface area contributed by atoms with Gasteiger partial charge in [-0.2, -0.15) is 5.26 Å². The van der Waals surface area contributed by atoms with E-state index in [4.69, 9.17) is 21.3 Å². The number of hydrogen-bond acceptors (Lipinski definition) is 4. The highest BCUT2D eigenvalue weighted by molar-refractivity contribution is 6.31. The van der Waals surface area contributed by atoms with Gasteiger partial charge in [-0.15, -0.1) is 0 Å². The van der Waals surface area contributed by atoms with E-state index in [1.54, 1.807) is 36.4 Å². The van der Waals surface area contributed by atoms with Crippen molar-refractivity contribution in [2.45, 2.75) is 6.54 Å². The van der Waals surface area contributed by atoms with E-state index in [1.165, 1.54) is 10.6 Å². The zero-order valence-electron chi connectivity index (χ0n) is 11.7.